The van der Waals surface area contributed by atoms with Gasteiger partial charge in [0, 0.05) is 24.7 Å². The first-order valence-electron chi connectivity index (χ1n) is 6.88. The third kappa shape index (κ3) is 3.90. The van der Waals surface area contributed by atoms with Gasteiger partial charge in [-0.15, -0.1) is 11.3 Å². The van der Waals surface area contributed by atoms with Gasteiger partial charge in [0.25, 0.3) is 5.91 Å². The van der Waals surface area contributed by atoms with Crippen molar-refractivity contribution in [2.75, 3.05) is 26.0 Å². The van der Waals surface area contributed by atoms with Gasteiger partial charge in [0.05, 0.1) is 16.9 Å². The van der Waals surface area contributed by atoms with Crippen molar-refractivity contribution in [3.8, 4) is 5.75 Å². The van der Waals surface area contributed by atoms with Crippen LogP contribution in [0.25, 0.3) is 0 Å². The van der Waals surface area contributed by atoms with E-state index in [1.54, 1.807) is 38.3 Å². The fourth-order valence-electron chi connectivity index (χ4n) is 1.79. The molecule has 1 N–H and O–H groups in total. The predicted octanol–water partition coefficient (Wildman–Crippen LogP) is 2.65. The van der Waals surface area contributed by atoms with Crippen molar-refractivity contribution in [2.45, 2.75) is 11.8 Å². The van der Waals surface area contributed by atoms with Crippen LogP contribution in [0.3, 0.4) is 0 Å². The summed E-state index contributed by atoms with van der Waals surface area (Å²) in [6.45, 7) is 2.12. The molecule has 0 aliphatic carbocycles. The van der Waals surface area contributed by atoms with Gasteiger partial charge in [0.15, 0.2) is 0 Å². The van der Waals surface area contributed by atoms with E-state index >= 15 is 0 Å². The van der Waals surface area contributed by atoms with E-state index in [2.05, 4.69) is 5.32 Å². The second-order valence-electron chi connectivity index (χ2n) is 4.75. The third-order valence-corrected chi connectivity index (χ3v) is 6.29. The molecule has 23 heavy (non-hydrogen) atoms. The minimum Gasteiger partial charge on any atom is -0.497 e. The van der Waals surface area contributed by atoms with Crippen LogP contribution in [0, 0.1) is 0 Å². The van der Waals surface area contributed by atoms with E-state index < -0.39 is 10.0 Å². The molecule has 0 aliphatic heterocycles. The lowest BCUT2D eigenvalue weighted by atomic mass is 10.3. The first-order chi connectivity index (χ1) is 10.9. The summed E-state index contributed by atoms with van der Waals surface area (Å²) in [6, 6.07) is 8.29. The lowest BCUT2D eigenvalue weighted by Crippen LogP contribution is -2.26. The number of ether oxygens (including phenoxy) is 1. The molecule has 0 spiro atoms. The number of methoxy groups -OCH3 is 1. The van der Waals surface area contributed by atoms with E-state index in [0.29, 0.717) is 22.9 Å². The molecule has 0 fully saturated rings. The minimum absolute atomic E-state index is 0.131. The summed E-state index contributed by atoms with van der Waals surface area (Å²) in [5, 5.41) is 4.20. The Labute approximate surface area is 139 Å². The lowest BCUT2D eigenvalue weighted by Gasteiger charge is -2.12. The number of carbonyl (C=O) groups is 1. The average Bonchev–Trinajstić information content (AvgIpc) is 3.05. The second kappa shape index (κ2) is 7.12. The van der Waals surface area contributed by atoms with E-state index in [9.17, 15) is 13.2 Å². The van der Waals surface area contributed by atoms with Gasteiger partial charge in [-0.3, -0.25) is 4.79 Å². The van der Waals surface area contributed by atoms with Gasteiger partial charge < -0.3 is 10.1 Å². The molecular weight excluding hydrogens is 336 g/mol. The Morgan fingerprint density at radius 1 is 1.30 bits per heavy atom. The number of nitrogens with zero attached hydrogens (tertiary/aromatic N) is 1. The minimum atomic E-state index is -3.54. The number of rotatable bonds is 6. The van der Waals surface area contributed by atoms with Crippen molar-refractivity contribution >= 4 is 33.0 Å². The number of hydrogen-bond acceptors (Lipinski definition) is 5. The van der Waals surface area contributed by atoms with Crippen LogP contribution >= 0.6 is 11.3 Å². The third-order valence-electron chi connectivity index (χ3n) is 3.30. The standard InChI is InChI=1S/C15H18N2O4S2/c1-4-17(2)23(19,20)13-9-14(22-10-13)15(18)16-11-5-7-12(21-3)8-6-11/h5-10H,4H2,1-3H3,(H,16,18). The Morgan fingerprint density at radius 3 is 2.52 bits per heavy atom. The van der Waals surface area contributed by atoms with Crippen molar-refractivity contribution in [1.82, 2.24) is 4.31 Å². The number of benzene rings is 1. The number of hydrogen-bond donors (Lipinski definition) is 1. The predicted molar refractivity (Wildman–Crippen MR) is 90.8 cm³/mol. The molecule has 0 saturated carbocycles. The fourth-order valence-corrected chi connectivity index (χ4v) is 4.13. The van der Waals surface area contributed by atoms with Gasteiger partial charge >= 0.3 is 0 Å². The maximum absolute atomic E-state index is 12.2. The lowest BCUT2D eigenvalue weighted by molar-refractivity contribution is 0.103. The number of carbonyl (C=O) groups excluding carboxylic acids is 1. The van der Waals surface area contributed by atoms with E-state index in [1.807, 2.05) is 0 Å². The van der Waals surface area contributed by atoms with Crippen molar-refractivity contribution < 1.29 is 17.9 Å². The average molecular weight is 354 g/mol. The molecule has 0 aliphatic rings. The summed E-state index contributed by atoms with van der Waals surface area (Å²) in [7, 11) is -0.468. The van der Waals surface area contributed by atoms with Crippen LogP contribution in [0.1, 0.15) is 16.6 Å². The van der Waals surface area contributed by atoms with Gasteiger partial charge in [0.1, 0.15) is 5.75 Å². The molecule has 1 aromatic heterocycles. The smallest absolute Gasteiger partial charge is 0.265 e. The molecule has 1 aromatic carbocycles. The van der Waals surface area contributed by atoms with E-state index in [-0.39, 0.29) is 10.8 Å². The van der Waals surface area contributed by atoms with Gasteiger partial charge in [-0.25, -0.2) is 12.7 Å². The van der Waals surface area contributed by atoms with Crippen LogP contribution in [0.4, 0.5) is 5.69 Å². The van der Waals surface area contributed by atoms with Gasteiger partial charge in [-0.05, 0) is 30.3 Å². The van der Waals surface area contributed by atoms with E-state index in [4.69, 9.17) is 4.74 Å². The molecule has 0 saturated heterocycles. The Bertz CT molecular complexity index is 782. The highest BCUT2D eigenvalue weighted by Gasteiger charge is 2.22. The van der Waals surface area contributed by atoms with Crippen LogP contribution in [-0.2, 0) is 10.0 Å². The van der Waals surface area contributed by atoms with Crippen molar-refractivity contribution in [3.63, 3.8) is 0 Å². The number of anilines is 1. The van der Waals surface area contributed by atoms with Crippen LogP contribution in [-0.4, -0.2) is 39.3 Å². The molecule has 2 aromatic rings. The summed E-state index contributed by atoms with van der Waals surface area (Å²) in [5.74, 6) is 0.343. The summed E-state index contributed by atoms with van der Waals surface area (Å²) in [4.78, 5) is 12.7. The summed E-state index contributed by atoms with van der Waals surface area (Å²) < 4.78 is 30.7. The number of nitrogens with one attached hydrogen (secondary N) is 1. The van der Waals surface area contributed by atoms with Crippen LogP contribution in [0.5, 0.6) is 5.75 Å². The molecular formula is C15H18N2O4S2. The number of amides is 1. The molecule has 124 valence electrons. The second-order valence-corrected chi connectivity index (χ2v) is 7.70. The van der Waals surface area contributed by atoms with Crippen LogP contribution in [0.2, 0.25) is 0 Å². The number of sulfonamides is 1. The monoisotopic (exact) mass is 354 g/mol. The van der Waals surface area contributed by atoms with Crippen molar-refractivity contribution in [3.05, 3.63) is 40.6 Å². The van der Waals surface area contributed by atoms with Crippen LogP contribution in [0.15, 0.2) is 40.6 Å². The van der Waals surface area contributed by atoms with Crippen molar-refractivity contribution in [2.24, 2.45) is 0 Å². The molecule has 1 heterocycles. The molecule has 0 atom stereocenters. The summed E-state index contributed by atoms with van der Waals surface area (Å²) in [5.41, 5.74) is 0.610. The normalized spacial score (nSPS) is 11.5. The molecule has 0 unspecified atom stereocenters. The highest BCUT2D eigenvalue weighted by atomic mass is 32.2. The largest absolute Gasteiger partial charge is 0.497 e. The molecule has 0 bridgehead atoms. The SMILES string of the molecule is CCN(C)S(=O)(=O)c1csc(C(=O)Nc2ccc(OC)cc2)c1. The fraction of sp³-hybridized carbons (Fsp3) is 0.267. The molecule has 0 radical (unpaired) electrons. The van der Waals surface area contributed by atoms with E-state index in [0.717, 1.165) is 11.3 Å². The molecule has 1 amide bonds. The number of thiophene rings is 1. The van der Waals surface area contributed by atoms with E-state index in [1.165, 1.54) is 22.8 Å². The first-order valence-corrected chi connectivity index (χ1v) is 9.20. The molecule has 6 nitrogen and oxygen atoms in total. The summed E-state index contributed by atoms with van der Waals surface area (Å²) in [6.07, 6.45) is 0. The Kier molecular flexibility index (Phi) is 5.40. The molecule has 2 rings (SSSR count). The Hall–Kier alpha value is -1.90. The first kappa shape index (κ1) is 17.5. The highest BCUT2D eigenvalue weighted by Crippen LogP contribution is 2.23. The van der Waals surface area contributed by atoms with Gasteiger partial charge in [-0.2, -0.15) is 0 Å². The summed E-state index contributed by atoms with van der Waals surface area (Å²) >= 11 is 1.10. The van der Waals surface area contributed by atoms with Gasteiger partial charge in [-0.1, -0.05) is 6.92 Å². The van der Waals surface area contributed by atoms with Crippen molar-refractivity contribution in [1.29, 1.82) is 0 Å². The van der Waals surface area contributed by atoms with Gasteiger partial charge in [0.2, 0.25) is 10.0 Å². The Morgan fingerprint density at radius 2 is 1.96 bits per heavy atom. The highest BCUT2D eigenvalue weighted by molar-refractivity contribution is 7.89. The Balaban J connectivity index is 2.15. The zero-order chi connectivity index (χ0) is 17.0. The zero-order valence-electron chi connectivity index (χ0n) is 13.1. The topological polar surface area (TPSA) is 75.7 Å². The van der Waals surface area contributed by atoms with Crippen LogP contribution < -0.4 is 10.1 Å². The maximum Gasteiger partial charge on any atom is 0.265 e. The zero-order valence-corrected chi connectivity index (χ0v) is 14.7. The quantitative estimate of drug-likeness (QED) is 0.865. The molecule has 8 heteroatoms. The maximum atomic E-state index is 12.2.